The predicted molar refractivity (Wildman–Crippen MR) is 81.8 cm³/mol. The van der Waals surface area contributed by atoms with Crippen LogP contribution in [0.4, 0.5) is 0 Å². The minimum atomic E-state index is -0.591. The number of ether oxygens (including phenoxy) is 2. The van der Waals surface area contributed by atoms with Crippen molar-refractivity contribution in [2.45, 2.75) is 46.0 Å². The van der Waals surface area contributed by atoms with Gasteiger partial charge in [0.2, 0.25) is 0 Å². The highest BCUT2D eigenvalue weighted by Crippen LogP contribution is 2.17. The maximum Gasteiger partial charge on any atom is 0.338 e. The van der Waals surface area contributed by atoms with Crippen molar-refractivity contribution in [2.75, 3.05) is 19.8 Å². The van der Waals surface area contributed by atoms with E-state index in [1.54, 1.807) is 0 Å². The Labute approximate surface area is 131 Å². The summed E-state index contributed by atoms with van der Waals surface area (Å²) in [6.07, 6.45) is 2.62. The second-order valence-electron chi connectivity index (χ2n) is 4.97. The van der Waals surface area contributed by atoms with Crippen LogP contribution in [-0.2, 0) is 19.1 Å². The number of aliphatic hydroxyl groups excluding tert-OH is 2. The van der Waals surface area contributed by atoms with E-state index in [2.05, 4.69) is 6.58 Å². The Balaban J connectivity index is 4.78. The third-order valence-electron chi connectivity index (χ3n) is 2.89. The second kappa shape index (κ2) is 11.9. The molecule has 6 heteroatoms. The normalized spacial score (nSPS) is 11.6. The molecule has 0 bridgehead atoms. The van der Waals surface area contributed by atoms with Crippen LogP contribution in [0.5, 0.6) is 0 Å². The fourth-order valence-corrected chi connectivity index (χ4v) is 1.51. The van der Waals surface area contributed by atoms with Crippen molar-refractivity contribution < 1.29 is 29.3 Å². The molecule has 0 aromatic carbocycles. The topological polar surface area (TPSA) is 93.1 Å². The molecule has 0 heterocycles. The SMILES string of the molecule is C=C(C)C(=O)OC(CCCCO)=C(C)C(=O)OCCCCO. The molecule has 0 aromatic heterocycles. The van der Waals surface area contributed by atoms with Crippen LogP contribution in [0.2, 0.25) is 0 Å². The Morgan fingerprint density at radius 2 is 1.55 bits per heavy atom. The van der Waals surface area contributed by atoms with Crippen LogP contribution in [0.15, 0.2) is 23.5 Å². The summed E-state index contributed by atoms with van der Waals surface area (Å²) in [6.45, 7) is 6.85. The molecule has 0 aliphatic heterocycles. The quantitative estimate of drug-likeness (QED) is 0.262. The number of carbonyl (C=O) groups excluding carboxylic acids is 2. The van der Waals surface area contributed by atoms with Gasteiger partial charge in [-0.1, -0.05) is 6.58 Å². The van der Waals surface area contributed by atoms with Gasteiger partial charge in [0.15, 0.2) is 0 Å². The van der Waals surface area contributed by atoms with Gasteiger partial charge in [-0.15, -0.1) is 0 Å². The number of aliphatic hydroxyl groups is 2. The van der Waals surface area contributed by atoms with Gasteiger partial charge in [-0.2, -0.15) is 0 Å². The highest BCUT2D eigenvalue weighted by atomic mass is 16.5. The van der Waals surface area contributed by atoms with E-state index in [9.17, 15) is 9.59 Å². The van der Waals surface area contributed by atoms with Gasteiger partial charge in [0.05, 0.1) is 12.2 Å². The lowest BCUT2D eigenvalue weighted by molar-refractivity contribution is -0.140. The van der Waals surface area contributed by atoms with E-state index in [-0.39, 0.29) is 36.7 Å². The van der Waals surface area contributed by atoms with Crippen molar-refractivity contribution in [1.82, 2.24) is 0 Å². The molecule has 0 spiro atoms. The van der Waals surface area contributed by atoms with Crippen LogP contribution in [0, 0.1) is 0 Å². The van der Waals surface area contributed by atoms with Gasteiger partial charge in [-0.25, -0.2) is 9.59 Å². The number of unbranched alkanes of at least 4 members (excludes halogenated alkanes) is 2. The van der Waals surface area contributed by atoms with Gasteiger partial charge in [-0.05, 0) is 39.5 Å². The molecule has 0 saturated carbocycles. The highest BCUT2D eigenvalue weighted by Gasteiger charge is 2.17. The highest BCUT2D eigenvalue weighted by molar-refractivity contribution is 5.91. The lowest BCUT2D eigenvalue weighted by Gasteiger charge is -2.12. The monoisotopic (exact) mass is 314 g/mol. The van der Waals surface area contributed by atoms with Gasteiger partial charge in [-0.3, -0.25) is 0 Å². The van der Waals surface area contributed by atoms with E-state index >= 15 is 0 Å². The largest absolute Gasteiger partial charge is 0.462 e. The van der Waals surface area contributed by atoms with Crippen LogP contribution < -0.4 is 0 Å². The first-order valence-electron chi connectivity index (χ1n) is 7.40. The summed E-state index contributed by atoms with van der Waals surface area (Å²) in [5, 5.41) is 17.5. The van der Waals surface area contributed by atoms with E-state index < -0.39 is 11.9 Å². The molecule has 2 N–H and O–H groups in total. The molecular formula is C16H26O6. The first-order chi connectivity index (χ1) is 10.4. The van der Waals surface area contributed by atoms with Crippen LogP contribution in [0.1, 0.15) is 46.0 Å². The van der Waals surface area contributed by atoms with Gasteiger partial charge in [0.25, 0.3) is 0 Å². The Bertz CT molecular complexity index is 411. The average molecular weight is 314 g/mol. The third kappa shape index (κ3) is 8.59. The average Bonchev–Trinajstić information content (AvgIpc) is 2.49. The predicted octanol–water partition coefficient (Wildman–Crippen LogP) is 1.86. The number of esters is 2. The van der Waals surface area contributed by atoms with Crippen molar-refractivity contribution in [1.29, 1.82) is 0 Å². The van der Waals surface area contributed by atoms with Crippen molar-refractivity contribution in [3.05, 3.63) is 23.5 Å². The molecule has 0 aliphatic rings. The van der Waals surface area contributed by atoms with Gasteiger partial charge in [0.1, 0.15) is 5.76 Å². The third-order valence-corrected chi connectivity index (χ3v) is 2.89. The van der Waals surface area contributed by atoms with Crippen molar-refractivity contribution in [2.24, 2.45) is 0 Å². The fourth-order valence-electron chi connectivity index (χ4n) is 1.51. The number of rotatable bonds is 11. The van der Waals surface area contributed by atoms with Crippen LogP contribution in [0.3, 0.4) is 0 Å². The van der Waals surface area contributed by atoms with E-state index in [4.69, 9.17) is 19.7 Å². The minimum absolute atomic E-state index is 0.0341. The smallest absolute Gasteiger partial charge is 0.338 e. The molecule has 0 fully saturated rings. The van der Waals surface area contributed by atoms with Crippen LogP contribution in [0.25, 0.3) is 0 Å². The molecule has 6 nitrogen and oxygen atoms in total. The first kappa shape index (κ1) is 20.3. The molecule has 0 atom stereocenters. The molecule has 126 valence electrons. The number of carbonyl (C=O) groups is 2. The number of allylic oxidation sites excluding steroid dienone is 1. The first-order valence-corrected chi connectivity index (χ1v) is 7.40. The zero-order valence-corrected chi connectivity index (χ0v) is 13.4. The maximum atomic E-state index is 11.9. The van der Waals surface area contributed by atoms with Crippen LogP contribution >= 0.6 is 0 Å². The molecule has 0 aliphatic carbocycles. The van der Waals surface area contributed by atoms with Crippen molar-refractivity contribution >= 4 is 11.9 Å². The lowest BCUT2D eigenvalue weighted by atomic mass is 10.1. The Kier molecular flexibility index (Phi) is 11.0. The minimum Gasteiger partial charge on any atom is -0.462 e. The summed E-state index contributed by atoms with van der Waals surface area (Å²) in [5.41, 5.74) is 0.473. The zero-order valence-electron chi connectivity index (χ0n) is 13.4. The Morgan fingerprint density at radius 1 is 0.955 bits per heavy atom. The summed E-state index contributed by atoms with van der Waals surface area (Å²) in [6, 6.07) is 0. The van der Waals surface area contributed by atoms with Gasteiger partial charge >= 0.3 is 11.9 Å². The van der Waals surface area contributed by atoms with Crippen molar-refractivity contribution in [3.8, 4) is 0 Å². The molecule has 0 rings (SSSR count). The Hall–Kier alpha value is -1.66. The van der Waals surface area contributed by atoms with E-state index in [1.807, 2.05) is 0 Å². The molecule has 0 unspecified atom stereocenters. The maximum absolute atomic E-state index is 11.9. The van der Waals surface area contributed by atoms with Crippen molar-refractivity contribution in [3.63, 3.8) is 0 Å². The fraction of sp³-hybridized carbons (Fsp3) is 0.625. The molecular weight excluding hydrogens is 288 g/mol. The van der Waals surface area contributed by atoms with E-state index in [0.717, 1.165) is 0 Å². The second-order valence-corrected chi connectivity index (χ2v) is 4.97. The van der Waals surface area contributed by atoms with Gasteiger partial charge < -0.3 is 19.7 Å². The standard InChI is InChI=1S/C16H26O6/c1-12(2)15(19)22-14(8-4-5-9-17)13(3)16(20)21-11-7-6-10-18/h17-18H,1,4-11H2,2-3H3. The summed E-state index contributed by atoms with van der Waals surface area (Å²) in [4.78, 5) is 23.6. The summed E-state index contributed by atoms with van der Waals surface area (Å²) in [7, 11) is 0. The summed E-state index contributed by atoms with van der Waals surface area (Å²) < 4.78 is 10.3. The molecule has 0 saturated heterocycles. The molecule has 0 aromatic rings. The number of hydrogen-bond acceptors (Lipinski definition) is 6. The van der Waals surface area contributed by atoms with E-state index in [1.165, 1.54) is 13.8 Å². The zero-order chi connectivity index (χ0) is 17.0. The number of hydrogen-bond donors (Lipinski definition) is 2. The Morgan fingerprint density at radius 3 is 2.09 bits per heavy atom. The lowest BCUT2D eigenvalue weighted by Crippen LogP contribution is -2.13. The van der Waals surface area contributed by atoms with Crippen LogP contribution in [-0.4, -0.2) is 42.0 Å². The molecule has 22 heavy (non-hydrogen) atoms. The molecule has 0 radical (unpaired) electrons. The van der Waals surface area contributed by atoms with E-state index in [0.29, 0.717) is 32.1 Å². The van der Waals surface area contributed by atoms with Gasteiger partial charge in [0, 0.05) is 25.2 Å². The molecule has 0 amide bonds. The summed E-state index contributed by atoms with van der Waals surface area (Å²) >= 11 is 0. The summed E-state index contributed by atoms with van der Waals surface area (Å²) in [5.74, 6) is -0.897.